The number of hydrogen-bond acceptors (Lipinski definition) is 5. The zero-order valence-electron chi connectivity index (χ0n) is 12.5. The molecular weight excluding hydrogens is 324 g/mol. The topological polar surface area (TPSA) is 114 Å². The van der Waals surface area contributed by atoms with Gasteiger partial charge in [-0.3, -0.25) is 14.5 Å². The SMILES string of the molecule is COc1cc(N)c(Cl)cc1C(=O)NCCCN1C(=O)CNC1=O. The van der Waals surface area contributed by atoms with E-state index in [4.69, 9.17) is 22.1 Å². The molecule has 0 unspecified atom stereocenters. The molecule has 8 nitrogen and oxygen atoms in total. The highest BCUT2D eigenvalue weighted by molar-refractivity contribution is 6.33. The Bertz CT molecular complexity index is 634. The van der Waals surface area contributed by atoms with Crippen molar-refractivity contribution < 1.29 is 19.1 Å². The van der Waals surface area contributed by atoms with Gasteiger partial charge in [-0.25, -0.2) is 4.79 Å². The van der Waals surface area contributed by atoms with Crippen molar-refractivity contribution >= 4 is 35.1 Å². The van der Waals surface area contributed by atoms with Crippen LogP contribution in [0, 0.1) is 0 Å². The van der Waals surface area contributed by atoms with Crippen molar-refractivity contribution in [2.45, 2.75) is 6.42 Å². The average Bonchev–Trinajstić information content (AvgIpc) is 2.84. The predicted octanol–water partition coefficient (Wildman–Crippen LogP) is 0.603. The van der Waals surface area contributed by atoms with Crippen LogP contribution in [0.15, 0.2) is 12.1 Å². The number of nitrogens with zero attached hydrogens (tertiary/aromatic N) is 1. The van der Waals surface area contributed by atoms with Crippen molar-refractivity contribution in [1.82, 2.24) is 15.5 Å². The van der Waals surface area contributed by atoms with Gasteiger partial charge in [0.2, 0.25) is 5.91 Å². The number of nitrogens with one attached hydrogen (secondary N) is 2. The van der Waals surface area contributed by atoms with Crippen molar-refractivity contribution in [2.24, 2.45) is 0 Å². The van der Waals surface area contributed by atoms with Gasteiger partial charge in [-0.15, -0.1) is 0 Å². The van der Waals surface area contributed by atoms with E-state index >= 15 is 0 Å². The molecule has 1 aliphatic heterocycles. The third-order valence-corrected chi connectivity index (χ3v) is 3.67. The second-order valence-electron chi connectivity index (χ2n) is 4.89. The minimum atomic E-state index is -0.409. The Morgan fingerprint density at radius 3 is 2.83 bits per heavy atom. The van der Waals surface area contributed by atoms with Crippen LogP contribution in [-0.2, 0) is 4.79 Å². The smallest absolute Gasteiger partial charge is 0.324 e. The van der Waals surface area contributed by atoms with Gasteiger partial charge in [0.15, 0.2) is 0 Å². The van der Waals surface area contributed by atoms with Crippen LogP contribution in [0.5, 0.6) is 5.75 Å². The standard InChI is InChI=1S/C14H17ClN4O4/c1-23-11-6-10(16)9(15)5-8(11)13(21)17-3-2-4-19-12(20)7-18-14(19)22/h5-6H,2-4,7,16H2,1H3,(H,17,21)(H,18,22). The lowest BCUT2D eigenvalue weighted by atomic mass is 10.1. The van der Waals surface area contributed by atoms with E-state index in [9.17, 15) is 14.4 Å². The third-order valence-electron chi connectivity index (χ3n) is 3.34. The second kappa shape index (κ2) is 7.19. The van der Waals surface area contributed by atoms with Crippen LogP contribution in [0.4, 0.5) is 10.5 Å². The maximum absolute atomic E-state index is 12.2. The Labute approximate surface area is 137 Å². The van der Waals surface area contributed by atoms with E-state index < -0.39 is 6.03 Å². The molecule has 0 aliphatic carbocycles. The molecule has 124 valence electrons. The highest BCUT2D eigenvalue weighted by Crippen LogP contribution is 2.28. The molecule has 1 saturated heterocycles. The lowest BCUT2D eigenvalue weighted by Gasteiger charge is -2.13. The summed E-state index contributed by atoms with van der Waals surface area (Å²) in [6.07, 6.45) is 0.440. The van der Waals surface area contributed by atoms with Crippen LogP contribution in [0.3, 0.4) is 0 Å². The van der Waals surface area contributed by atoms with E-state index in [-0.39, 0.29) is 35.5 Å². The highest BCUT2D eigenvalue weighted by atomic mass is 35.5. The zero-order chi connectivity index (χ0) is 17.0. The summed E-state index contributed by atoms with van der Waals surface area (Å²) in [7, 11) is 1.43. The van der Waals surface area contributed by atoms with E-state index in [1.54, 1.807) is 0 Å². The van der Waals surface area contributed by atoms with E-state index in [0.717, 1.165) is 4.90 Å². The van der Waals surface area contributed by atoms with Crippen molar-refractivity contribution in [2.75, 3.05) is 32.5 Å². The minimum Gasteiger partial charge on any atom is -0.496 e. The number of anilines is 1. The molecule has 4 amide bonds. The first-order valence-electron chi connectivity index (χ1n) is 6.93. The fourth-order valence-electron chi connectivity index (χ4n) is 2.13. The van der Waals surface area contributed by atoms with Crippen LogP contribution < -0.4 is 21.1 Å². The van der Waals surface area contributed by atoms with Crippen molar-refractivity contribution in [3.63, 3.8) is 0 Å². The first-order valence-corrected chi connectivity index (χ1v) is 7.31. The van der Waals surface area contributed by atoms with Crippen molar-refractivity contribution in [3.8, 4) is 5.75 Å². The molecule has 0 bridgehead atoms. The van der Waals surface area contributed by atoms with Crippen LogP contribution in [-0.4, -0.2) is 49.5 Å². The van der Waals surface area contributed by atoms with Gasteiger partial charge in [0, 0.05) is 19.2 Å². The highest BCUT2D eigenvalue weighted by Gasteiger charge is 2.27. The first kappa shape index (κ1) is 16.9. The first-order chi connectivity index (χ1) is 10.9. The summed E-state index contributed by atoms with van der Waals surface area (Å²) >= 11 is 5.92. The van der Waals surface area contributed by atoms with Gasteiger partial charge in [0.1, 0.15) is 5.75 Å². The molecule has 0 aromatic heterocycles. The molecule has 0 spiro atoms. The van der Waals surface area contributed by atoms with Gasteiger partial charge in [0.25, 0.3) is 5.91 Å². The summed E-state index contributed by atoms with van der Waals surface area (Å²) in [5, 5.41) is 5.37. The molecule has 0 saturated carbocycles. The minimum absolute atomic E-state index is 0.0202. The molecule has 0 atom stereocenters. The fourth-order valence-corrected chi connectivity index (χ4v) is 2.30. The number of methoxy groups -OCH3 is 1. The van der Waals surface area contributed by atoms with E-state index in [0.29, 0.717) is 24.4 Å². The molecule has 1 fully saturated rings. The largest absolute Gasteiger partial charge is 0.496 e. The molecule has 1 aliphatic rings. The monoisotopic (exact) mass is 340 g/mol. The van der Waals surface area contributed by atoms with Gasteiger partial charge in [-0.05, 0) is 12.5 Å². The molecule has 0 radical (unpaired) electrons. The normalized spacial score (nSPS) is 13.9. The molecule has 23 heavy (non-hydrogen) atoms. The molecule has 2 rings (SSSR count). The zero-order valence-corrected chi connectivity index (χ0v) is 13.3. The van der Waals surface area contributed by atoms with Gasteiger partial charge in [-0.1, -0.05) is 11.6 Å². The molecule has 1 aromatic rings. The fraction of sp³-hybridized carbons (Fsp3) is 0.357. The number of urea groups is 1. The van der Waals surface area contributed by atoms with Gasteiger partial charge >= 0.3 is 6.03 Å². The number of halogens is 1. The lowest BCUT2D eigenvalue weighted by molar-refractivity contribution is -0.125. The van der Waals surface area contributed by atoms with E-state index in [2.05, 4.69) is 10.6 Å². The van der Waals surface area contributed by atoms with Crippen LogP contribution >= 0.6 is 11.6 Å². The van der Waals surface area contributed by atoms with Crippen molar-refractivity contribution in [3.05, 3.63) is 22.7 Å². The maximum Gasteiger partial charge on any atom is 0.324 e. The average molecular weight is 341 g/mol. The number of nitrogen functional groups attached to an aromatic ring is 1. The number of carbonyl (C=O) groups excluding carboxylic acids is 3. The Balaban J connectivity index is 1.89. The summed E-state index contributed by atoms with van der Waals surface area (Å²) in [5.41, 5.74) is 6.25. The van der Waals surface area contributed by atoms with Crippen LogP contribution in [0.25, 0.3) is 0 Å². The number of imide groups is 1. The number of benzene rings is 1. The predicted molar refractivity (Wildman–Crippen MR) is 84.5 cm³/mol. The number of hydrogen-bond donors (Lipinski definition) is 3. The summed E-state index contributed by atoms with van der Waals surface area (Å²) in [5.74, 6) is -0.326. The van der Waals surface area contributed by atoms with E-state index in [1.807, 2.05) is 0 Å². The van der Waals surface area contributed by atoms with Gasteiger partial charge in [0.05, 0.1) is 29.9 Å². The van der Waals surface area contributed by atoms with Gasteiger partial charge < -0.3 is 21.1 Å². The third kappa shape index (κ3) is 3.84. The summed E-state index contributed by atoms with van der Waals surface area (Å²) in [6.45, 7) is 0.554. The Hall–Kier alpha value is -2.48. The number of amides is 4. The summed E-state index contributed by atoms with van der Waals surface area (Å²) < 4.78 is 5.11. The summed E-state index contributed by atoms with van der Waals surface area (Å²) in [4.78, 5) is 36.0. The number of carbonyl (C=O) groups is 3. The van der Waals surface area contributed by atoms with Crippen LogP contribution in [0.1, 0.15) is 16.8 Å². The molecule has 9 heteroatoms. The Morgan fingerprint density at radius 1 is 1.48 bits per heavy atom. The van der Waals surface area contributed by atoms with Gasteiger partial charge in [-0.2, -0.15) is 0 Å². The Morgan fingerprint density at radius 2 is 2.22 bits per heavy atom. The molecule has 4 N–H and O–H groups in total. The number of nitrogens with two attached hydrogens (primary N) is 1. The van der Waals surface area contributed by atoms with Crippen LogP contribution in [0.2, 0.25) is 5.02 Å². The summed E-state index contributed by atoms with van der Waals surface area (Å²) in [6, 6.07) is 2.50. The second-order valence-corrected chi connectivity index (χ2v) is 5.29. The molecule has 1 aromatic carbocycles. The number of rotatable bonds is 6. The molecule has 1 heterocycles. The van der Waals surface area contributed by atoms with E-state index in [1.165, 1.54) is 19.2 Å². The maximum atomic E-state index is 12.2. The number of ether oxygens (including phenoxy) is 1. The lowest BCUT2D eigenvalue weighted by Crippen LogP contribution is -2.34. The molecular formula is C14H17ClN4O4. The Kier molecular flexibility index (Phi) is 5.28. The van der Waals surface area contributed by atoms with Crippen molar-refractivity contribution in [1.29, 1.82) is 0 Å². The quantitative estimate of drug-likeness (QED) is 0.398.